The highest BCUT2D eigenvalue weighted by molar-refractivity contribution is 14.0. The Bertz CT molecular complexity index is 688. The van der Waals surface area contributed by atoms with Crippen LogP contribution in [0.1, 0.15) is 19.0 Å². The zero-order chi connectivity index (χ0) is 17.5. The third-order valence-corrected chi connectivity index (χ3v) is 4.38. The van der Waals surface area contributed by atoms with E-state index < -0.39 is 0 Å². The smallest absolute Gasteiger partial charge is 0.194 e. The highest BCUT2D eigenvalue weighted by Crippen LogP contribution is 2.16. The first kappa shape index (κ1) is 20.7. The number of nitrogens with zero attached hydrogens (tertiary/aromatic N) is 4. The molecule has 0 bridgehead atoms. The lowest BCUT2D eigenvalue weighted by Gasteiger charge is -2.21. The second kappa shape index (κ2) is 10.5. The van der Waals surface area contributed by atoms with Crippen LogP contribution in [-0.2, 0) is 11.3 Å². The third-order valence-electron chi connectivity index (χ3n) is 4.38. The maximum absolute atomic E-state index is 5.29. The van der Waals surface area contributed by atoms with Gasteiger partial charge in [0.25, 0.3) is 0 Å². The number of rotatable bonds is 6. The molecule has 1 unspecified atom stereocenters. The molecule has 2 heterocycles. The molecule has 1 fully saturated rings. The molecule has 0 saturated carbocycles. The number of guanidine groups is 1. The van der Waals surface area contributed by atoms with Crippen LogP contribution < -0.4 is 5.32 Å². The Morgan fingerprint density at radius 1 is 1.31 bits per heavy atom. The molecule has 6 nitrogen and oxygen atoms in total. The molecule has 3 rings (SSSR count). The van der Waals surface area contributed by atoms with Crippen molar-refractivity contribution in [3.63, 3.8) is 0 Å². The highest BCUT2D eigenvalue weighted by atomic mass is 127. The van der Waals surface area contributed by atoms with E-state index in [0.717, 1.165) is 50.0 Å². The molecule has 0 aliphatic carbocycles. The van der Waals surface area contributed by atoms with E-state index in [2.05, 4.69) is 22.2 Å². The number of benzene rings is 1. The molecular formula is C19H28IN5O. The Hall–Kier alpha value is -1.61. The summed E-state index contributed by atoms with van der Waals surface area (Å²) >= 11 is 0. The van der Waals surface area contributed by atoms with Gasteiger partial charge in [-0.1, -0.05) is 18.2 Å². The molecule has 26 heavy (non-hydrogen) atoms. The first-order valence-electron chi connectivity index (χ1n) is 8.92. The van der Waals surface area contributed by atoms with E-state index in [9.17, 15) is 0 Å². The highest BCUT2D eigenvalue weighted by Gasteiger charge is 2.24. The SMILES string of the molecule is CCNC(=NCc1ccn(-c2ccccc2)n1)N1CCC(COC)C1.I. The van der Waals surface area contributed by atoms with Gasteiger partial charge in [0.2, 0.25) is 0 Å². The maximum Gasteiger partial charge on any atom is 0.194 e. The number of hydrogen-bond acceptors (Lipinski definition) is 3. The van der Waals surface area contributed by atoms with Crippen LogP contribution in [0, 0.1) is 5.92 Å². The molecule has 0 spiro atoms. The van der Waals surface area contributed by atoms with Gasteiger partial charge in [-0.15, -0.1) is 24.0 Å². The van der Waals surface area contributed by atoms with E-state index in [-0.39, 0.29) is 24.0 Å². The summed E-state index contributed by atoms with van der Waals surface area (Å²) in [6.07, 6.45) is 3.14. The molecule has 1 aromatic carbocycles. The monoisotopic (exact) mass is 469 g/mol. The molecule has 1 aliphatic rings. The fraction of sp³-hybridized carbons (Fsp3) is 0.474. The van der Waals surface area contributed by atoms with Crippen molar-refractivity contribution in [3.8, 4) is 5.69 Å². The third kappa shape index (κ3) is 5.44. The number of hydrogen-bond donors (Lipinski definition) is 1. The summed E-state index contributed by atoms with van der Waals surface area (Å²) in [4.78, 5) is 7.10. The van der Waals surface area contributed by atoms with E-state index in [1.165, 1.54) is 0 Å². The average Bonchev–Trinajstić information content (AvgIpc) is 3.29. The topological polar surface area (TPSA) is 54.7 Å². The van der Waals surface area contributed by atoms with Crippen LogP contribution in [-0.4, -0.2) is 54.0 Å². The van der Waals surface area contributed by atoms with Gasteiger partial charge in [-0.2, -0.15) is 5.10 Å². The van der Waals surface area contributed by atoms with Crippen molar-refractivity contribution in [2.45, 2.75) is 19.9 Å². The van der Waals surface area contributed by atoms with Crippen LogP contribution in [0.3, 0.4) is 0 Å². The number of ether oxygens (including phenoxy) is 1. The molecule has 1 atom stereocenters. The Labute approximate surface area is 172 Å². The molecule has 1 saturated heterocycles. The Morgan fingerprint density at radius 3 is 2.85 bits per heavy atom. The number of nitrogens with one attached hydrogen (secondary N) is 1. The van der Waals surface area contributed by atoms with Gasteiger partial charge in [-0.25, -0.2) is 9.67 Å². The molecule has 7 heteroatoms. The second-order valence-corrected chi connectivity index (χ2v) is 6.31. The van der Waals surface area contributed by atoms with Crippen molar-refractivity contribution < 1.29 is 4.74 Å². The summed E-state index contributed by atoms with van der Waals surface area (Å²) in [6, 6.07) is 12.2. The first-order chi connectivity index (χ1) is 12.3. The number of aromatic nitrogens is 2. The number of likely N-dealkylation sites (tertiary alicyclic amines) is 1. The summed E-state index contributed by atoms with van der Waals surface area (Å²) in [5, 5.41) is 8.02. The van der Waals surface area contributed by atoms with E-state index in [1.807, 2.05) is 47.3 Å². The van der Waals surface area contributed by atoms with Gasteiger partial charge in [0, 0.05) is 38.9 Å². The maximum atomic E-state index is 5.29. The van der Waals surface area contributed by atoms with E-state index in [4.69, 9.17) is 9.73 Å². The van der Waals surface area contributed by atoms with Gasteiger partial charge in [0.05, 0.1) is 24.5 Å². The zero-order valence-corrected chi connectivity index (χ0v) is 17.8. The quantitative estimate of drug-likeness (QED) is 0.402. The van der Waals surface area contributed by atoms with Gasteiger partial charge in [0.1, 0.15) is 0 Å². The average molecular weight is 469 g/mol. The standard InChI is InChI=1S/C19H27N5O.HI/c1-3-20-19(23-11-9-16(14-23)15-25-2)21-13-17-10-12-24(22-17)18-7-5-4-6-8-18;/h4-8,10,12,16H,3,9,11,13-15H2,1-2H3,(H,20,21);1H. The summed E-state index contributed by atoms with van der Waals surface area (Å²) in [5.74, 6) is 1.56. The molecule has 1 N–H and O–H groups in total. The van der Waals surface area contributed by atoms with Crippen molar-refractivity contribution in [1.29, 1.82) is 0 Å². The lowest BCUT2D eigenvalue weighted by atomic mass is 10.1. The molecule has 142 valence electrons. The van der Waals surface area contributed by atoms with Crippen molar-refractivity contribution in [2.24, 2.45) is 10.9 Å². The number of aliphatic imine (C=N–C) groups is 1. The molecule has 0 amide bonds. The minimum atomic E-state index is 0. The largest absolute Gasteiger partial charge is 0.384 e. The van der Waals surface area contributed by atoms with Crippen LogP contribution >= 0.6 is 24.0 Å². The Morgan fingerprint density at radius 2 is 2.12 bits per heavy atom. The van der Waals surface area contributed by atoms with Crippen molar-refractivity contribution in [1.82, 2.24) is 20.0 Å². The minimum absolute atomic E-state index is 0. The normalized spacial score (nSPS) is 17.2. The van der Waals surface area contributed by atoms with Crippen molar-refractivity contribution in [3.05, 3.63) is 48.3 Å². The number of halogens is 1. The van der Waals surface area contributed by atoms with E-state index in [0.29, 0.717) is 12.5 Å². The van der Waals surface area contributed by atoms with Gasteiger partial charge in [0.15, 0.2) is 5.96 Å². The van der Waals surface area contributed by atoms with Gasteiger partial charge in [-0.05, 0) is 31.5 Å². The molecule has 1 aromatic heterocycles. The van der Waals surface area contributed by atoms with Crippen LogP contribution in [0.2, 0.25) is 0 Å². The Kier molecular flexibility index (Phi) is 8.37. The summed E-state index contributed by atoms with van der Waals surface area (Å²) in [7, 11) is 1.77. The predicted molar refractivity (Wildman–Crippen MR) is 115 cm³/mol. The number of para-hydroxylation sites is 1. The Balaban J connectivity index is 0.00000243. The van der Waals surface area contributed by atoms with Crippen LogP contribution in [0.15, 0.2) is 47.6 Å². The predicted octanol–water partition coefficient (Wildman–Crippen LogP) is 2.92. The van der Waals surface area contributed by atoms with Crippen LogP contribution in [0.5, 0.6) is 0 Å². The van der Waals surface area contributed by atoms with Gasteiger partial charge >= 0.3 is 0 Å². The summed E-state index contributed by atoms with van der Waals surface area (Å²) < 4.78 is 7.18. The van der Waals surface area contributed by atoms with E-state index >= 15 is 0 Å². The fourth-order valence-electron chi connectivity index (χ4n) is 3.15. The minimum Gasteiger partial charge on any atom is -0.384 e. The summed E-state index contributed by atoms with van der Waals surface area (Å²) in [5.41, 5.74) is 2.03. The van der Waals surface area contributed by atoms with Crippen LogP contribution in [0.4, 0.5) is 0 Å². The van der Waals surface area contributed by atoms with Crippen molar-refractivity contribution >= 4 is 29.9 Å². The van der Waals surface area contributed by atoms with Crippen LogP contribution in [0.25, 0.3) is 5.69 Å². The lowest BCUT2D eigenvalue weighted by Crippen LogP contribution is -2.40. The molecule has 0 radical (unpaired) electrons. The first-order valence-corrected chi connectivity index (χ1v) is 8.92. The zero-order valence-electron chi connectivity index (χ0n) is 15.5. The van der Waals surface area contributed by atoms with Gasteiger partial charge in [-0.3, -0.25) is 0 Å². The number of methoxy groups -OCH3 is 1. The molecule has 2 aromatic rings. The molecular weight excluding hydrogens is 441 g/mol. The van der Waals surface area contributed by atoms with Gasteiger partial charge < -0.3 is 15.0 Å². The summed E-state index contributed by atoms with van der Waals surface area (Å²) in [6.45, 7) is 6.38. The molecule has 1 aliphatic heterocycles. The van der Waals surface area contributed by atoms with Crippen molar-refractivity contribution in [2.75, 3.05) is 33.4 Å². The second-order valence-electron chi connectivity index (χ2n) is 6.31. The fourth-order valence-corrected chi connectivity index (χ4v) is 3.15. The van der Waals surface area contributed by atoms with E-state index in [1.54, 1.807) is 7.11 Å². The lowest BCUT2D eigenvalue weighted by molar-refractivity contribution is 0.157.